The van der Waals surface area contributed by atoms with Gasteiger partial charge in [0.15, 0.2) is 5.82 Å². The molecule has 0 aromatic carbocycles. The van der Waals surface area contributed by atoms with Gasteiger partial charge in [0.1, 0.15) is 0 Å². The van der Waals surface area contributed by atoms with Crippen LogP contribution < -0.4 is 4.90 Å². The molecule has 1 fully saturated rings. The van der Waals surface area contributed by atoms with E-state index in [1.54, 1.807) is 6.07 Å². The van der Waals surface area contributed by atoms with Crippen LogP contribution in [0.2, 0.25) is 5.28 Å². The maximum absolute atomic E-state index is 12.8. The number of carbonyl (C=O) groups is 1. The third-order valence-electron chi connectivity index (χ3n) is 3.39. The number of hydrogen-bond acceptors (Lipinski definition) is 5. The van der Waals surface area contributed by atoms with Gasteiger partial charge in [0.25, 0.3) is 0 Å². The summed E-state index contributed by atoms with van der Waals surface area (Å²) in [5.74, 6) is -0.350. The average Bonchev–Trinajstić information content (AvgIpc) is 2.84. The van der Waals surface area contributed by atoms with Crippen LogP contribution in [0, 0.1) is 11.9 Å². The molecule has 8 heteroatoms. The van der Waals surface area contributed by atoms with Crippen LogP contribution >= 0.6 is 11.6 Å². The molecule has 0 radical (unpaired) electrons. The van der Waals surface area contributed by atoms with Crippen LogP contribution in [0.1, 0.15) is 12.0 Å². The second-order valence-electron chi connectivity index (χ2n) is 4.75. The first-order valence-electron chi connectivity index (χ1n) is 6.40. The highest BCUT2D eigenvalue weighted by Gasteiger charge is 2.33. The summed E-state index contributed by atoms with van der Waals surface area (Å²) in [6, 6.07) is 2.93. The summed E-state index contributed by atoms with van der Waals surface area (Å²) >= 11 is 5.58. The zero-order chi connectivity index (χ0) is 14.8. The van der Waals surface area contributed by atoms with Crippen molar-refractivity contribution in [1.29, 1.82) is 0 Å². The fraction of sp³-hybridized carbons (Fsp3) is 0.308. The van der Waals surface area contributed by atoms with E-state index in [1.807, 2.05) is 0 Å². The molecule has 1 saturated heterocycles. The second-order valence-corrected chi connectivity index (χ2v) is 5.09. The minimum Gasteiger partial charge on any atom is -0.294 e. The van der Waals surface area contributed by atoms with Gasteiger partial charge in [-0.15, -0.1) is 10.2 Å². The molecule has 0 saturated carbocycles. The van der Waals surface area contributed by atoms with Crippen LogP contribution in [0.15, 0.2) is 24.5 Å². The third-order valence-corrected chi connectivity index (χ3v) is 3.56. The summed E-state index contributed by atoms with van der Waals surface area (Å²) in [4.78, 5) is 21.3. The standard InChI is InChI=1S/C13H11ClFN5O/c14-13-17-7-11(18-19-13)20-4-3-9(12(20)21)5-8-1-2-10(15)16-6-8/h1-2,6-7,9H,3-5H2/t9-/m0/s1. The van der Waals surface area contributed by atoms with Gasteiger partial charge in [-0.25, -0.2) is 9.97 Å². The topological polar surface area (TPSA) is 71.9 Å². The molecule has 3 rings (SSSR count). The summed E-state index contributed by atoms with van der Waals surface area (Å²) in [7, 11) is 0. The van der Waals surface area contributed by atoms with Gasteiger partial charge in [-0.1, -0.05) is 6.07 Å². The van der Waals surface area contributed by atoms with Gasteiger partial charge in [0.05, 0.1) is 6.20 Å². The first kappa shape index (κ1) is 13.8. The van der Waals surface area contributed by atoms with Gasteiger partial charge in [-0.05, 0) is 36.1 Å². The fourth-order valence-electron chi connectivity index (χ4n) is 2.35. The first-order chi connectivity index (χ1) is 10.1. The highest BCUT2D eigenvalue weighted by Crippen LogP contribution is 2.25. The highest BCUT2D eigenvalue weighted by atomic mass is 35.5. The van der Waals surface area contributed by atoms with Gasteiger partial charge in [-0.3, -0.25) is 9.69 Å². The third kappa shape index (κ3) is 2.97. The van der Waals surface area contributed by atoms with Crippen LogP contribution in [-0.2, 0) is 11.2 Å². The van der Waals surface area contributed by atoms with Crippen molar-refractivity contribution in [1.82, 2.24) is 20.2 Å². The average molecular weight is 308 g/mol. The van der Waals surface area contributed by atoms with Gasteiger partial charge >= 0.3 is 0 Å². The zero-order valence-electron chi connectivity index (χ0n) is 10.9. The Morgan fingerprint density at radius 3 is 2.81 bits per heavy atom. The minimum absolute atomic E-state index is 0.0410. The van der Waals surface area contributed by atoms with E-state index in [4.69, 9.17) is 11.6 Å². The lowest BCUT2D eigenvalue weighted by molar-refractivity contribution is -0.120. The molecule has 1 atom stereocenters. The van der Waals surface area contributed by atoms with E-state index < -0.39 is 5.95 Å². The minimum atomic E-state index is -0.527. The van der Waals surface area contributed by atoms with Gasteiger partial charge in [0.2, 0.25) is 17.1 Å². The molecule has 0 unspecified atom stereocenters. The number of nitrogens with zero attached hydrogens (tertiary/aromatic N) is 5. The molecule has 108 valence electrons. The molecule has 2 aromatic heterocycles. The monoisotopic (exact) mass is 307 g/mol. The van der Waals surface area contributed by atoms with E-state index in [0.717, 1.165) is 5.56 Å². The summed E-state index contributed by atoms with van der Waals surface area (Å²) in [5, 5.41) is 7.54. The van der Waals surface area contributed by atoms with Crippen molar-refractivity contribution in [3.63, 3.8) is 0 Å². The molecule has 0 bridgehead atoms. The van der Waals surface area contributed by atoms with Gasteiger partial charge in [-0.2, -0.15) is 4.39 Å². The summed E-state index contributed by atoms with van der Waals surface area (Å²) in [6.45, 7) is 0.552. The predicted octanol–water partition coefficient (Wildman–Crippen LogP) is 1.65. The van der Waals surface area contributed by atoms with Crippen molar-refractivity contribution in [2.75, 3.05) is 11.4 Å². The van der Waals surface area contributed by atoms with Crippen molar-refractivity contribution in [2.24, 2.45) is 5.92 Å². The Hall–Kier alpha value is -2.15. The first-order valence-corrected chi connectivity index (χ1v) is 6.78. The second kappa shape index (κ2) is 5.69. The molecule has 1 aliphatic heterocycles. The lowest BCUT2D eigenvalue weighted by Crippen LogP contribution is -2.28. The van der Waals surface area contributed by atoms with Gasteiger partial charge in [0, 0.05) is 18.7 Å². The number of rotatable bonds is 3. The number of anilines is 1. The Kier molecular flexibility index (Phi) is 3.74. The number of pyridine rings is 1. The van der Waals surface area contributed by atoms with Crippen LogP contribution in [0.5, 0.6) is 0 Å². The number of aromatic nitrogens is 4. The summed E-state index contributed by atoms with van der Waals surface area (Å²) in [5.41, 5.74) is 0.830. The number of amides is 1. The molecule has 2 aromatic rings. The van der Waals surface area contributed by atoms with E-state index in [-0.39, 0.29) is 17.1 Å². The molecule has 0 N–H and O–H groups in total. The molecule has 0 aliphatic carbocycles. The number of hydrogen-bond donors (Lipinski definition) is 0. The van der Waals surface area contributed by atoms with E-state index in [9.17, 15) is 9.18 Å². The Labute approximate surface area is 125 Å². The van der Waals surface area contributed by atoms with Crippen LogP contribution in [0.25, 0.3) is 0 Å². The van der Waals surface area contributed by atoms with Crippen molar-refractivity contribution in [2.45, 2.75) is 12.8 Å². The largest absolute Gasteiger partial charge is 0.294 e. The van der Waals surface area contributed by atoms with Gasteiger partial charge < -0.3 is 0 Å². The maximum Gasteiger partial charge on any atom is 0.243 e. The molecule has 1 aliphatic rings. The van der Waals surface area contributed by atoms with E-state index in [0.29, 0.717) is 25.2 Å². The molecule has 3 heterocycles. The fourth-order valence-corrected chi connectivity index (χ4v) is 2.43. The Morgan fingerprint density at radius 1 is 1.29 bits per heavy atom. The van der Waals surface area contributed by atoms with Crippen molar-refractivity contribution < 1.29 is 9.18 Å². The quantitative estimate of drug-likeness (QED) is 0.806. The molecule has 6 nitrogen and oxygen atoms in total. The van der Waals surface area contributed by atoms with Crippen molar-refractivity contribution in [3.8, 4) is 0 Å². The van der Waals surface area contributed by atoms with Crippen LogP contribution in [0.3, 0.4) is 0 Å². The lowest BCUT2D eigenvalue weighted by Gasteiger charge is -2.14. The lowest BCUT2D eigenvalue weighted by atomic mass is 9.99. The van der Waals surface area contributed by atoms with E-state index in [1.165, 1.54) is 23.4 Å². The molecule has 1 amide bonds. The molecule has 0 spiro atoms. The molecular formula is C13H11ClFN5O. The van der Waals surface area contributed by atoms with E-state index >= 15 is 0 Å². The Bertz CT molecular complexity index is 649. The SMILES string of the molecule is O=C1[C@H](Cc2ccc(F)nc2)CCN1c1cnc(Cl)nn1. The normalized spacial score (nSPS) is 18.3. The molecular weight excluding hydrogens is 297 g/mol. The Morgan fingerprint density at radius 2 is 2.14 bits per heavy atom. The maximum atomic E-state index is 12.8. The summed E-state index contributed by atoms with van der Waals surface area (Å²) < 4.78 is 12.8. The summed E-state index contributed by atoms with van der Waals surface area (Å²) in [6.07, 6.45) is 4.10. The number of carbonyl (C=O) groups excluding carboxylic acids is 1. The van der Waals surface area contributed by atoms with E-state index in [2.05, 4.69) is 20.2 Å². The zero-order valence-corrected chi connectivity index (χ0v) is 11.7. The smallest absolute Gasteiger partial charge is 0.243 e. The molecule has 21 heavy (non-hydrogen) atoms. The van der Waals surface area contributed by atoms with Crippen LogP contribution in [0.4, 0.5) is 10.2 Å². The Balaban J connectivity index is 1.71. The van der Waals surface area contributed by atoms with Crippen LogP contribution in [-0.4, -0.2) is 32.6 Å². The highest BCUT2D eigenvalue weighted by molar-refractivity contribution is 6.28. The van der Waals surface area contributed by atoms with Crippen molar-refractivity contribution >= 4 is 23.3 Å². The number of halogens is 2. The predicted molar refractivity (Wildman–Crippen MR) is 73.2 cm³/mol. The van der Waals surface area contributed by atoms with Crippen molar-refractivity contribution in [3.05, 3.63) is 41.3 Å².